The van der Waals surface area contributed by atoms with Crippen LogP contribution in [-0.4, -0.2) is 47.6 Å². The monoisotopic (exact) mass is 486 g/mol. The van der Waals surface area contributed by atoms with Crippen molar-refractivity contribution >= 4 is 17.6 Å². The third-order valence-electron chi connectivity index (χ3n) is 7.02. The summed E-state index contributed by atoms with van der Waals surface area (Å²) in [5, 5.41) is 5.90. The van der Waals surface area contributed by atoms with E-state index in [9.17, 15) is 14.4 Å². The maximum absolute atomic E-state index is 13.4. The number of fused-ring (bicyclic) bond motifs is 4. The molecule has 1 aromatic heterocycles. The molecule has 5 rings (SSSR count). The number of nitrogens with zero attached hydrogens (tertiary/aromatic N) is 2. The fourth-order valence-corrected chi connectivity index (χ4v) is 5.27. The third kappa shape index (κ3) is 5.12. The van der Waals surface area contributed by atoms with Crippen LogP contribution in [0.3, 0.4) is 0 Å². The minimum atomic E-state index is -0.751. The largest absolute Gasteiger partial charge is 0.497 e. The first kappa shape index (κ1) is 23.7. The smallest absolute Gasteiger partial charge is 0.318 e. The van der Waals surface area contributed by atoms with Gasteiger partial charge < -0.3 is 24.8 Å². The average molecular weight is 487 g/mol. The molecule has 1 fully saturated rings. The van der Waals surface area contributed by atoms with Gasteiger partial charge in [-0.05, 0) is 48.2 Å². The van der Waals surface area contributed by atoms with E-state index in [1.807, 2.05) is 41.0 Å². The van der Waals surface area contributed by atoms with Crippen LogP contribution >= 0.6 is 0 Å². The number of ether oxygens (including phenoxy) is 1. The Morgan fingerprint density at radius 2 is 1.75 bits per heavy atom. The zero-order chi connectivity index (χ0) is 25.1. The van der Waals surface area contributed by atoms with Gasteiger partial charge in [0.1, 0.15) is 11.8 Å². The van der Waals surface area contributed by atoms with Gasteiger partial charge in [-0.25, -0.2) is 4.79 Å². The lowest BCUT2D eigenvalue weighted by molar-refractivity contribution is -0.118. The van der Waals surface area contributed by atoms with Crippen molar-refractivity contribution in [3.8, 4) is 5.75 Å². The van der Waals surface area contributed by atoms with E-state index in [-0.39, 0.29) is 29.3 Å². The fraction of sp³-hybridized carbons (Fsp3) is 0.321. The second-order valence-electron chi connectivity index (χ2n) is 9.51. The molecule has 3 heterocycles. The summed E-state index contributed by atoms with van der Waals surface area (Å²) in [7, 11) is 1.59. The Morgan fingerprint density at radius 3 is 2.50 bits per heavy atom. The van der Waals surface area contributed by atoms with Crippen molar-refractivity contribution in [2.75, 3.05) is 25.5 Å². The second kappa shape index (κ2) is 10.3. The van der Waals surface area contributed by atoms with E-state index < -0.39 is 6.04 Å². The van der Waals surface area contributed by atoms with E-state index in [1.165, 1.54) is 0 Å². The van der Waals surface area contributed by atoms with Crippen molar-refractivity contribution < 1.29 is 14.3 Å². The molecule has 2 aliphatic rings. The molecule has 8 nitrogen and oxygen atoms in total. The Kier molecular flexibility index (Phi) is 6.75. The van der Waals surface area contributed by atoms with Crippen molar-refractivity contribution in [2.45, 2.75) is 31.3 Å². The number of rotatable bonds is 6. The van der Waals surface area contributed by atoms with Gasteiger partial charge >= 0.3 is 6.03 Å². The number of pyridine rings is 1. The number of likely N-dealkylation sites (tertiary alicyclic amines) is 1. The molecule has 2 aliphatic heterocycles. The SMILES string of the molecule is COc1ccc(NC(=O)[C@H](Cc2ccccc2)NC(=O)N2CC3CC(C2)c2cccc(=O)n2C3)cc1. The van der Waals surface area contributed by atoms with E-state index >= 15 is 0 Å². The molecule has 2 unspecified atom stereocenters. The lowest BCUT2D eigenvalue weighted by Crippen LogP contribution is -2.55. The van der Waals surface area contributed by atoms with Gasteiger partial charge in [0.2, 0.25) is 5.91 Å². The summed E-state index contributed by atoms with van der Waals surface area (Å²) >= 11 is 0. The Labute approximate surface area is 209 Å². The number of benzene rings is 2. The minimum Gasteiger partial charge on any atom is -0.497 e. The standard InChI is InChI=1S/C28H30N4O4/c1-36-23-12-10-22(11-13-23)29-27(34)24(15-19-6-3-2-4-7-19)30-28(35)31-16-20-14-21(18-31)25-8-5-9-26(33)32(25)17-20/h2-13,20-21,24H,14-18H2,1H3,(H,29,34)(H,30,35)/t20?,21?,24-/m0/s1. The Bertz CT molecular complexity index is 1290. The van der Waals surface area contributed by atoms with Gasteiger partial charge in [0.15, 0.2) is 0 Å². The molecule has 1 saturated heterocycles. The van der Waals surface area contributed by atoms with Gasteiger partial charge in [0.25, 0.3) is 5.56 Å². The number of nitrogens with one attached hydrogen (secondary N) is 2. The van der Waals surface area contributed by atoms with Gasteiger partial charge in [0.05, 0.1) is 7.11 Å². The van der Waals surface area contributed by atoms with Crippen LogP contribution in [0.25, 0.3) is 0 Å². The highest BCUT2D eigenvalue weighted by Gasteiger charge is 2.37. The summed E-state index contributed by atoms with van der Waals surface area (Å²) in [5.41, 5.74) is 2.58. The van der Waals surface area contributed by atoms with Gasteiger partial charge in [0, 0.05) is 49.4 Å². The molecular weight excluding hydrogens is 456 g/mol. The molecule has 2 N–H and O–H groups in total. The van der Waals surface area contributed by atoms with Gasteiger partial charge in [-0.15, -0.1) is 0 Å². The number of piperidine rings is 1. The molecule has 0 radical (unpaired) electrons. The van der Waals surface area contributed by atoms with Crippen LogP contribution in [-0.2, 0) is 17.8 Å². The Morgan fingerprint density at radius 1 is 0.972 bits per heavy atom. The summed E-state index contributed by atoms with van der Waals surface area (Å²) in [6.45, 7) is 1.69. The zero-order valence-electron chi connectivity index (χ0n) is 20.2. The number of aromatic nitrogens is 1. The number of carbonyl (C=O) groups is 2. The van der Waals surface area contributed by atoms with Crippen LogP contribution in [0.1, 0.15) is 23.6 Å². The maximum atomic E-state index is 13.4. The molecule has 2 bridgehead atoms. The van der Waals surface area contributed by atoms with Crippen molar-refractivity contribution in [3.63, 3.8) is 0 Å². The van der Waals surface area contributed by atoms with E-state index in [0.717, 1.165) is 17.7 Å². The number of methoxy groups -OCH3 is 1. The molecule has 3 atom stereocenters. The maximum Gasteiger partial charge on any atom is 0.318 e. The molecule has 0 spiro atoms. The molecule has 186 valence electrons. The van der Waals surface area contributed by atoms with Crippen LogP contribution in [0, 0.1) is 5.92 Å². The predicted molar refractivity (Wildman–Crippen MR) is 137 cm³/mol. The highest BCUT2D eigenvalue weighted by Crippen LogP contribution is 2.35. The van der Waals surface area contributed by atoms with Crippen LogP contribution in [0.4, 0.5) is 10.5 Å². The van der Waals surface area contributed by atoms with Gasteiger partial charge in [-0.1, -0.05) is 36.4 Å². The van der Waals surface area contributed by atoms with Crippen LogP contribution in [0.5, 0.6) is 5.75 Å². The Balaban J connectivity index is 1.31. The first-order chi connectivity index (χ1) is 17.5. The van der Waals surface area contributed by atoms with E-state index in [0.29, 0.717) is 37.5 Å². The molecule has 0 aliphatic carbocycles. The summed E-state index contributed by atoms with van der Waals surface area (Å²) < 4.78 is 7.03. The van der Waals surface area contributed by atoms with Crippen molar-refractivity contribution in [1.29, 1.82) is 0 Å². The molecule has 36 heavy (non-hydrogen) atoms. The van der Waals surface area contributed by atoms with Gasteiger partial charge in [-0.2, -0.15) is 0 Å². The summed E-state index contributed by atoms with van der Waals surface area (Å²) in [6, 6.07) is 21.1. The number of hydrogen-bond acceptors (Lipinski definition) is 4. The number of urea groups is 1. The minimum absolute atomic E-state index is 0.0122. The Hall–Kier alpha value is -4.07. The first-order valence-corrected chi connectivity index (χ1v) is 12.2. The number of anilines is 1. The lowest BCUT2D eigenvalue weighted by atomic mass is 9.83. The second-order valence-corrected chi connectivity index (χ2v) is 9.51. The van der Waals surface area contributed by atoms with E-state index in [4.69, 9.17) is 4.74 Å². The molecule has 0 saturated carbocycles. The summed E-state index contributed by atoms with van der Waals surface area (Å²) in [6.07, 6.45) is 1.33. The summed E-state index contributed by atoms with van der Waals surface area (Å²) in [4.78, 5) is 40.8. The van der Waals surface area contributed by atoms with Crippen LogP contribution in [0.2, 0.25) is 0 Å². The quantitative estimate of drug-likeness (QED) is 0.560. The molecule has 3 aromatic rings. The molecule has 8 heteroatoms. The molecule has 2 aromatic carbocycles. The predicted octanol–water partition coefficient (Wildman–Crippen LogP) is 3.24. The van der Waals surface area contributed by atoms with Crippen molar-refractivity contribution in [2.24, 2.45) is 5.92 Å². The lowest BCUT2D eigenvalue weighted by Gasteiger charge is -2.43. The number of amides is 3. The van der Waals surface area contributed by atoms with Gasteiger partial charge in [-0.3, -0.25) is 9.59 Å². The first-order valence-electron chi connectivity index (χ1n) is 12.2. The highest BCUT2D eigenvalue weighted by atomic mass is 16.5. The summed E-state index contributed by atoms with van der Waals surface area (Å²) in [5.74, 6) is 0.730. The number of carbonyl (C=O) groups excluding carboxylic acids is 2. The number of hydrogen-bond donors (Lipinski definition) is 2. The topological polar surface area (TPSA) is 92.7 Å². The van der Waals surface area contributed by atoms with Crippen molar-refractivity contribution in [3.05, 3.63) is 94.4 Å². The molecule has 3 amide bonds. The van der Waals surface area contributed by atoms with E-state index in [2.05, 4.69) is 10.6 Å². The third-order valence-corrected chi connectivity index (χ3v) is 7.02. The van der Waals surface area contributed by atoms with E-state index in [1.54, 1.807) is 48.4 Å². The zero-order valence-corrected chi connectivity index (χ0v) is 20.2. The van der Waals surface area contributed by atoms with Crippen LogP contribution in [0.15, 0.2) is 77.6 Å². The van der Waals surface area contributed by atoms with Crippen LogP contribution < -0.4 is 20.9 Å². The fourth-order valence-electron chi connectivity index (χ4n) is 5.27. The average Bonchev–Trinajstić information content (AvgIpc) is 2.90. The highest BCUT2D eigenvalue weighted by molar-refractivity contribution is 5.97. The molecular formula is C28H30N4O4. The van der Waals surface area contributed by atoms with Crippen molar-refractivity contribution in [1.82, 2.24) is 14.8 Å². The normalized spacial score (nSPS) is 19.1.